The van der Waals surface area contributed by atoms with E-state index in [1.807, 2.05) is 0 Å². The van der Waals surface area contributed by atoms with Crippen LogP contribution in [-0.2, 0) is 9.84 Å². The van der Waals surface area contributed by atoms with E-state index < -0.39 is 9.84 Å². The summed E-state index contributed by atoms with van der Waals surface area (Å²) in [5.74, 6) is 1.14. The molecule has 1 aliphatic rings. The first kappa shape index (κ1) is 11.0. The van der Waals surface area contributed by atoms with Gasteiger partial charge >= 0.3 is 0 Å². The van der Waals surface area contributed by atoms with Crippen LogP contribution < -0.4 is 5.32 Å². The molecule has 0 aromatic heterocycles. The van der Waals surface area contributed by atoms with Crippen LogP contribution in [0.5, 0.6) is 0 Å². The van der Waals surface area contributed by atoms with Gasteiger partial charge in [-0.15, -0.1) is 0 Å². The zero-order valence-electron chi connectivity index (χ0n) is 8.25. The van der Waals surface area contributed by atoms with Crippen LogP contribution in [0.1, 0.15) is 26.2 Å². The fraction of sp³-hybridized carbons (Fsp3) is 1.00. The van der Waals surface area contributed by atoms with Crippen molar-refractivity contribution in [3.63, 3.8) is 0 Å². The Labute approximate surface area is 80.8 Å². The van der Waals surface area contributed by atoms with Crippen molar-refractivity contribution in [1.29, 1.82) is 0 Å². The molecule has 1 saturated heterocycles. The smallest absolute Gasteiger partial charge is 0.150 e. The lowest BCUT2D eigenvalue weighted by Gasteiger charge is -2.21. The molecule has 1 heterocycles. The monoisotopic (exact) mass is 205 g/mol. The topological polar surface area (TPSA) is 46.2 Å². The molecule has 1 rings (SSSR count). The highest BCUT2D eigenvalue weighted by Crippen LogP contribution is 2.17. The molecular formula is C9H19NO2S. The second-order valence-electron chi connectivity index (χ2n) is 3.83. The summed E-state index contributed by atoms with van der Waals surface area (Å²) >= 11 is 0. The van der Waals surface area contributed by atoms with Crippen LogP contribution in [0.15, 0.2) is 0 Å². The van der Waals surface area contributed by atoms with Crippen LogP contribution in [0.4, 0.5) is 0 Å². The Morgan fingerprint density at radius 1 is 1.46 bits per heavy atom. The molecule has 1 aliphatic heterocycles. The van der Waals surface area contributed by atoms with E-state index in [-0.39, 0.29) is 0 Å². The summed E-state index contributed by atoms with van der Waals surface area (Å²) in [7, 11) is -2.71. The summed E-state index contributed by atoms with van der Waals surface area (Å²) in [5, 5.41) is 3.28. The lowest BCUT2D eigenvalue weighted by Crippen LogP contribution is -2.33. The summed E-state index contributed by atoms with van der Waals surface area (Å²) in [6, 6.07) is 0. The van der Waals surface area contributed by atoms with E-state index >= 15 is 0 Å². The Bertz CT molecular complexity index is 236. The van der Waals surface area contributed by atoms with Crippen molar-refractivity contribution in [2.24, 2.45) is 5.92 Å². The fourth-order valence-electron chi connectivity index (χ4n) is 1.76. The second-order valence-corrected chi connectivity index (χ2v) is 6.06. The van der Waals surface area contributed by atoms with Gasteiger partial charge in [-0.05, 0) is 38.3 Å². The van der Waals surface area contributed by atoms with Crippen molar-refractivity contribution in [3.05, 3.63) is 0 Å². The van der Waals surface area contributed by atoms with Gasteiger partial charge in [-0.25, -0.2) is 8.42 Å². The first-order chi connectivity index (χ1) is 6.14. The molecule has 0 bridgehead atoms. The Morgan fingerprint density at radius 3 is 2.85 bits per heavy atom. The summed E-state index contributed by atoms with van der Waals surface area (Å²) in [6.07, 6.45) is 3.02. The van der Waals surface area contributed by atoms with Gasteiger partial charge < -0.3 is 5.32 Å². The third-order valence-electron chi connectivity index (χ3n) is 2.42. The number of hydrogen-bond acceptors (Lipinski definition) is 3. The summed E-state index contributed by atoms with van der Waals surface area (Å²) in [6.45, 7) is 3.98. The van der Waals surface area contributed by atoms with E-state index in [0.29, 0.717) is 17.4 Å². The highest BCUT2D eigenvalue weighted by Gasteiger charge is 2.23. The average molecular weight is 205 g/mol. The highest BCUT2D eigenvalue weighted by molar-refractivity contribution is 7.91. The van der Waals surface area contributed by atoms with E-state index in [0.717, 1.165) is 32.4 Å². The quantitative estimate of drug-likeness (QED) is 0.691. The molecule has 1 N–H and O–H groups in total. The zero-order valence-corrected chi connectivity index (χ0v) is 9.07. The van der Waals surface area contributed by atoms with Crippen molar-refractivity contribution >= 4 is 9.84 Å². The Hall–Kier alpha value is -0.0900. The molecular weight excluding hydrogens is 186 g/mol. The number of rotatable bonds is 4. The van der Waals surface area contributed by atoms with E-state index in [4.69, 9.17) is 0 Å². The summed E-state index contributed by atoms with van der Waals surface area (Å²) in [5.41, 5.74) is 0. The molecule has 13 heavy (non-hydrogen) atoms. The number of hydrogen-bond donors (Lipinski definition) is 1. The average Bonchev–Trinajstić information content (AvgIpc) is 2.03. The van der Waals surface area contributed by atoms with Crippen molar-refractivity contribution in [3.8, 4) is 0 Å². The SMILES string of the molecule is CCCNCC1CCCS(=O)(=O)C1. The van der Waals surface area contributed by atoms with Gasteiger partial charge in [0.05, 0.1) is 11.5 Å². The summed E-state index contributed by atoms with van der Waals surface area (Å²) < 4.78 is 22.5. The predicted molar refractivity (Wildman–Crippen MR) is 54.5 cm³/mol. The fourth-order valence-corrected chi connectivity index (χ4v) is 3.54. The van der Waals surface area contributed by atoms with Crippen molar-refractivity contribution in [2.45, 2.75) is 26.2 Å². The highest BCUT2D eigenvalue weighted by atomic mass is 32.2. The molecule has 0 saturated carbocycles. The largest absolute Gasteiger partial charge is 0.316 e. The molecule has 78 valence electrons. The molecule has 0 radical (unpaired) electrons. The molecule has 0 aromatic carbocycles. The molecule has 1 fully saturated rings. The van der Waals surface area contributed by atoms with Gasteiger partial charge in [0.1, 0.15) is 0 Å². The van der Waals surface area contributed by atoms with Crippen molar-refractivity contribution in [2.75, 3.05) is 24.6 Å². The molecule has 0 aliphatic carbocycles. The maximum atomic E-state index is 11.3. The van der Waals surface area contributed by atoms with Crippen LogP contribution in [0.25, 0.3) is 0 Å². The first-order valence-corrected chi connectivity index (χ1v) is 6.87. The number of nitrogens with one attached hydrogen (secondary N) is 1. The molecule has 1 atom stereocenters. The molecule has 4 heteroatoms. The molecule has 0 amide bonds. The van der Waals surface area contributed by atoms with E-state index in [2.05, 4.69) is 12.2 Å². The number of sulfone groups is 1. The lowest BCUT2D eigenvalue weighted by atomic mass is 10.1. The van der Waals surface area contributed by atoms with E-state index in [1.165, 1.54) is 0 Å². The van der Waals surface area contributed by atoms with Gasteiger partial charge in [0.25, 0.3) is 0 Å². The van der Waals surface area contributed by atoms with Gasteiger partial charge in [-0.2, -0.15) is 0 Å². The van der Waals surface area contributed by atoms with Crippen molar-refractivity contribution in [1.82, 2.24) is 5.32 Å². The van der Waals surface area contributed by atoms with Gasteiger partial charge in [-0.1, -0.05) is 6.92 Å². The third kappa shape index (κ3) is 4.09. The van der Waals surface area contributed by atoms with Gasteiger partial charge in [0, 0.05) is 0 Å². The molecule has 0 aromatic rings. The minimum atomic E-state index is -2.71. The molecule has 1 unspecified atom stereocenters. The van der Waals surface area contributed by atoms with Crippen LogP contribution in [-0.4, -0.2) is 33.0 Å². The summed E-state index contributed by atoms with van der Waals surface area (Å²) in [4.78, 5) is 0. The molecule has 3 nitrogen and oxygen atoms in total. The van der Waals surface area contributed by atoms with Crippen LogP contribution in [0, 0.1) is 5.92 Å². The third-order valence-corrected chi connectivity index (χ3v) is 4.31. The van der Waals surface area contributed by atoms with Crippen LogP contribution in [0.2, 0.25) is 0 Å². The Balaban J connectivity index is 2.27. The van der Waals surface area contributed by atoms with Crippen molar-refractivity contribution < 1.29 is 8.42 Å². The maximum absolute atomic E-state index is 11.3. The van der Waals surface area contributed by atoms with Gasteiger partial charge in [0.2, 0.25) is 0 Å². The van der Waals surface area contributed by atoms with E-state index in [1.54, 1.807) is 0 Å². The minimum absolute atomic E-state index is 0.352. The maximum Gasteiger partial charge on any atom is 0.150 e. The van der Waals surface area contributed by atoms with Crippen LogP contribution >= 0.6 is 0 Å². The predicted octanol–water partition coefficient (Wildman–Crippen LogP) is 0.811. The Kier molecular flexibility index (Phi) is 4.19. The second kappa shape index (κ2) is 4.96. The minimum Gasteiger partial charge on any atom is -0.316 e. The van der Waals surface area contributed by atoms with E-state index in [9.17, 15) is 8.42 Å². The zero-order chi connectivity index (χ0) is 9.73. The standard InChI is InChI=1S/C9H19NO2S/c1-2-5-10-7-9-4-3-6-13(11,12)8-9/h9-10H,2-8H2,1H3. The van der Waals surface area contributed by atoms with Gasteiger partial charge in [0.15, 0.2) is 9.84 Å². The van der Waals surface area contributed by atoms with Gasteiger partial charge in [-0.3, -0.25) is 0 Å². The van der Waals surface area contributed by atoms with Crippen LogP contribution in [0.3, 0.4) is 0 Å². The Morgan fingerprint density at radius 2 is 2.23 bits per heavy atom. The first-order valence-electron chi connectivity index (χ1n) is 5.05. The molecule has 0 spiro atoms. The normalized spacial score (nSPS) is 27.3. The lowest BCUT2D eigenvalue weighted by molar-refractivity contribution is 0.453.